The van der Waals surface area contributed by atoms with Gasteiger partial charge in [0.2, 0.25) is 5.91 Å². The molecule has 0 spiro atoms. The Morgan fingerprint density at radius 1 is 1.17 bits per heavy atom. The number of amides is 1. The van der Waals surface area contributed by atoms with Gasteiger partial charge in [-0.3, -0.25) is 4.79 Å². The van der Waals surface area contributed by atoms with Crippen molar-refractivity contribution in [1.82, 2.24) is 5.32 Å². The molecule has 1 aliphatic carbocycles. The number of halogens is 1. The number of hydrogen-bond acceptors (Lipinski definition) is 3. The number of carbonyl (C=O) groups excluding carboxylic acids is 1. The van der Waals surface area contributed by atoms with E-state index in [2.05, 4.69) is 5.32 Å². The summed E-state index contributed by atoms with van der Waals surface area (Å²) in [6, 6.07) is 7.39. The van der Waals surface area contributed by atoms with E-state index in [0.717, 1.165) is 31.2 Å². The minimum Gasteiger partial charge on any atom is -0.391 e. The molecule has 1 heterocycles. The van der Waals surface area contributed by atoms with Crippen LogP contribution in [0, 0.1) is 0 Å². The van der Waals surface area contributed by atoms with Crippen molar-refractivity contribution in [2.75, 3.05) is 13.2 Å². The minimum absolute atomic E-state index is 0.00840. The molecule has 1 saturated heterocycles. The van der Waals surface area contributed by atoms with Crippen LogP contribution in [0.3, 0.4) is 0 Å². The summed E-state index contributed by atoms with van der Waals surface area (Å²) >= 11 is 5.99. The van der Waals surface area contributed by atoms with Gasteiger partial charge in [0.25, 0.3) is 0 Å². The maximum absolute atomic E-state index is 13.1. The van der Waals surface area contributed by atoms with Gasteiger partial charge in [-0.15, -0.1) is 0 Å². The second kappa shape index (κ2) is 7.20. The summed E-state index contributed by atoms with van der Waals surface area (Å²) in [5.74, 6) is 0.00840. The fraction of sp³-hybridized carbons (Fsp3) is 0.611. The highest BCUT2D eigenvalue weighted by atomic mass is 35.5. The highest BCUT2D eigenvalue weighted by Gasteiger charge is 2.43. The molecule has 1 aliphatic heterocycles. The van der Waals surface area contributed by atoms with Crippen LogP contribution in [0.2, 0.25) is 5.02 Å². The van der Waals surface area contributed by atoms with Gasteiger partial charge in [-0.1, -0.05) is 36.6 Å². The summed E-state index contributed by atoms with van der Waals surface area (Å²) in [6.07, 6.45) is 4.58. The van der Waals surface area contributed by atoms with Gasteiger partial charge < -0.3 is 15.2 Å². The Labute approximate surface area is 142 Å². The van der Waals surface area contributed by atoms with Gasteiger partial charge in [0.05, 0.1) is 17.6 Å². The molecule has 1 saturated carbocycles. The van der Waals surface area contributed by atoms with Crippen LogP contribution < -0.4 is 5.32 Å². The Hall–Kier alpha value is -1.10. The molecule has 3 rings (SSSR count). The molecule has 4 nitrogen and oxygen atoms in total. The number of aliphatic hydroxyl groups excluding tert-OH is 1. The molecule has 2 fully saturated rings. The van der Waals surface area contributed by atoms with Crippen molar-refractivity contribution in [3.8, 4) is 0 Å². The first-order chi connectivity index (χ1) is 11.1. The van der Waals surface area contributed by atoms with Crippen molar-refractivity contribution in [2.45, 2.75) is 56.1 Å². The maximum Gasteiger partial charge on any atom is 0.231 e. The van der Waals surface area contributed by atoms with Crippen LogP contribution >= 0.6 is 11.6 Å². The van der Waals surface area contributed by atoms with Gasteiger partial charge in [0.1, 0.15) is 0 Å². The van der Waals surface area contributed by atoms with Crippen molar-refractivity contribution in [3.05, 3.63) is 34.9 Å². The Morgan fingerprint density at radius 2 is 1.83 bits per heavy atom. The zero-order valence-electron chi connectivity index (χ0n) is 13.3. The van der Waals surface area contributed by atoms with Crippen LogP contribution in [-0.2, 0) is 14.9 Å². The van der Waals surface area contributed by atoms with Crippen molar-refractivity contribution in [1.29, 1.82) is 0 Å². The Morgan fingerprint density at radius 3 is 2.48 bits per heavy atom. The molecule has 2 atom stereocenters. The van der Waals surface area contributed by atoms with Crippen LogP contribution in [0.5, 0.6) is 0 Å². The molecule has 2 unspecified atom stereocenters. The number of hydrogen-bond donors (Lipinski definition) is 2. The first kappa shape index (κ1) is 16.7. The lowest BCUT2D eigenvalue weighted by Gasteiger charge is -2.39. The summed E-state index contributed by atoms with van der Waals surface area (Å²) in [4.78, 5) is 13.1. The van der Waals surface area contributed by atoms with E-state index in [0.29, 0.717) is 31.1 Å². The van der Waals surface area contributed by atoms with Crippen LogP contribution in [-0.4, -0.2) is 36.4 Å². The highest BCUT2D eigenvalue weighted by Crippen LogP contribution is 2.36. The quantitative estimate of drug-likeness (QED) is 0.891. The Kier molecular flexibility index (Phi) is 5.24. The Bertz CT molecular complexity index is 540. The summed E-state index contributed by atoms with van der Waals surface area (Å²) in [5.41, 5.74) is 0.396. The third kappa shape index (κ3) is 3.54. The van der Waals surface area contributed by atoms with Gasteiger partial charge in [0, 0.05) is 18.2 Å². The van der Waals surface area contributed by atoms with E-state index in [-0.39, 0.29) is 11.9 Å². The fourth-order valence-corrected chi connectivity index (χ4v) is 3.85. The van der Waals surface area contributed by atoms with Crippen molar-refractivity contribution >= 4 is 17.5 Å². The molecular formula is C18H24ClNO3. The number of ether oxygens (including phenoxy) is 1. The van der Waals surface area contributed by atoms with Crippen LogP contribution in [0.4, 0.5) is 0 Å². The number of aliphatic hydroxyl groups is 1. The highest BCUT2D eigenvalue weighted by molar-refractivity contribution is 6.30. The van der Waals surface area contributed by atoms with Crippen molar-refractivity contribution in [2.24, 2.45) is 0 Å². The number of rotatable bonds is 3. The number of carbonyl (C=O) groups is 1. The van der Waals surface area contributed by atoms with E-state index in [1.807, 2.05) is 24.3 Å². The topological polar surface area (TPSA) is 58.6 Å². The third-order valence-corrected chi connectivity index (χ3v) is 5.48. The average Bonchev–Trinajstić information content (AvgIpc) is 2.58. The second-order valence-electron chi connectivity index (χ2n) is 6.63. The molecule has 2 aliphatic rings. The average molecular weight is 338 g/mol. The summed E-state index contributed by atoms with van der Waals surface area (Å²) < 4.78 is 5.48. The van der Waals surface area contributed by atoms with E-state index in [1.54, 1.807) is 0 Å². The normalized spacial score (nSPS) is 27.4. The van der Waals surface area contributed by atoms with Crippen LogP contribution in [0.25, 0.3) is 0 Å². The first-order valence-electron chi connectivity index (χ1n) is 8.45. The second-order valence-corrected chi connectivity index (χ2v) is 7.07. The van der Waals surface area contributed by atoms with Gasteiger partial charge >= 0.3 is 0 Å². The van der Waals surface area contributed by atoms with Crippen molar-refractivity contribution in [3.63, 3.8) is 0 Å². The largest absolute Gasteiger partial charge is 0.391 e. The van der Waals surface area contributed by atoms with Crippen LogP contribution in [0.1, 0.15) is 44.1 Å². The molecular weight excluding hydrogens is 314 g/mol. The smallest absolute Gasteiger partial charge is 0.231 e. The van der Waals surface area contributed by atoms with E-state index >= 15 is 0 Å². The predicted molar refractivity (Wildman–Crippen MR) is 89.6 cm³/mol. The summed E-state index contributed by atoms with van der Waals surface area (Å²) in [7, 11) is 0. The summed E-state index contributed by atoms with van der Waals surface area (Å²) in [6.45, 7) is 1.15. The first-order valence-corrected chi connectivity index (χ1v) is 8.82. The molecule has 0 radical (unpaired) electrons. The monoisotopic (exact) mass is 337 g/mol. The molecule has 2 N–H and O–H groups in total. The minimum atomic E-state index is -0.583. The Balaban J connectivity index is 1.83. The molecule has 1 amide bonds. The van der Waals surface area contributed by atoms with Gasteiger partial charge in [-0.25, -0.2) is 0 Å². The molecule has 0 bridgehead atoms. The fourth-order valence-electron chi connectivity index (χ4n) is 3.72. The summed E-state index contributed by atoms with van der Waals surface area (Å²) in [5, 5.41) is 13.9. The lowest BCUT2D eigenvalue weighted by Crippen LogP contribution is -2.54. The lowest BCUT2D eigenvalue weighted by molar-refractivity contribution is -0.132. The SMILES string of the molecule is O=C(NC1CCCCC1O)C1(c2ccc(Cl)cc2)CCOCC1. The molecule has 23 heavy (non-hydrogen) atoms. The number of nitrogens with one attached hydrogen (secondary N) is 1. The molecule has 5 heteroatoms. The van der Waals surface area contributed by atoms with Gasteiger partial charge in [0.15, 0.2) is 0 Å². The standard InChI is InChI=1S/C18H24ClNO3/c19-14-7-5-13(6-8-14)18(9-11-23-12-10-18)17(22)20-15-3-1-2-4-16(15)21/h5-8,15-16,21H,1-4,9-12H2,(H,20,22). The van der Waals surface area contributed by atoms with E-state index in [1.165, 1.54) is 0 Å². The lowest BCUT2D eigenvalue weighted by atomic mass is 9.73. The zero-order valence-corrected chi connectivity index (χ0v) is 14.0. The predicted octanol–water partition coefficient (Wildman–Crippen LogP) is 2.81. The van der Waals surface area contributed by atoms with Gasteiger partial charge in [-0.05, 0) is 43.4 Å². The van der Waals surface area contributed by atoms with E-state index in [9.17, 15) is 9.90 Å². The molecule has 0 aromatic heterocycles. The van der Waals surface area contributed by atoms with Gasteiger partial charge in [-0.2, -0.15) is 0 Å². The number of benzene rings is 1. The molecule has 1 aromatic carbocycles. The maximum atomic E-state index is 13.1. The van der Waals surface area contributed by atoms with E-state index < -0.39 is 11.5 Å². The van der Waals surface area contributed by atoms with Crippen molar-refractivity contribution < 1.29 is 14.6 Å². The third-order valence-electron chi connectivity index (χ3n) is 5.22. The van der Waals surface area contributed by atoms with Crippen LogP contribution in [0.15, 0.2) is 24.3 Å². The molecule has 126 valence electrons. The molecule has 1 aromatic rings. The van der Waals surface area contributed by atoms with E-state index in [4.69, 9.17) is 16.3 Å². The zero-order chi connectivity index (χ0) is 16.3.